The molecule has 0 aliphatic heterocycles. The minimum Gasteiger partial charge on any atom is -0.491 e. The van der Waals surface area contributed by atoms with Crippen LogP contribution in [-0.2, 0) is 9.47 Å². The fourth-order valence-corrected chi connectivity index (χ4v) is 5.76. The molecule has 0 bridgehead atoms. The summed E-state index contributed by atoms with van der Waals surface area (Å²) in [5, 5.41) is 4.68. The van der Waals surface area contributed by atoms with Crippen LogP contribution in [0, 0.1) is 0 Å². The van der Waals surface area contributed by atoms with Gasteiger partial charge in [0.05, 0.1) is 13.2 Å². The quantitative estimate of drug-likeness (QED) is 0.113. The molecule has 5 rings (SSSR count). The van der Waals surface area contributed by atoms with Crippen LogP contribution in [0.3, 0.4) is 0 Å². The first-order valence-electron chi connectivity index (χ1n) is 12.4. The van der Waals surface area contributed by atoms with E-state index in [1.165, 1.54) is 32.7 Å². The number of methoxy groups -OCH3 is 2. The monoisotopic (exact) mass is 634 g/mol. The molecule has 0 fully saturated rings. The van der Waals surface area contributed by atoms with Crippen molar-refractivity contribution in [1.29, 1.82) is 0 Å². The Balaban J connectivity index is 1.75. The maximum atomic E-state index is 5.99. The lowest BCUT2D eigenvalue weighted by atomic mass is 9.86. The van der Waals surface area contributed by atoms with Crippen LogP contribution < -0.4 is 9.47 Å². The summed E-state index contributed by atoms with van der Waals surface area (Å²) in [5.41, 5.74) is 4.51. The van der Waals surface area contributed by atoms with Crippen molar-refractivity contribution >= 4 is 53.4 Å². The lowest BCUT2D eigenvalue weighted by molar-refractivity contribution is 0.146. The van der Waals surface area contributed by atoms with Crippen molar-refractivity contribution < 1.29 is 18.9 Å². The van der Waals surface area contributed by atoms with Gasteiger partial charge >= 0.3 is 0 Å². The van der Waals surface area contributed by atoms with Gasteiger partial charge in [-0.3, -0.25) is 0 Å². The first kappa shape index (κ1) is 26.7. The number of benzene rings is 5. The van der Waals surface area contributed by atoms with Gasteiger partial charge in [0, 0.05) is 23.2 Å². The molecular weight excluding hydrogens is 608 g/mol. The van der Waals surface area contributed by atoms with E-state index in [-0.39, 0.29) is 0 Å². The molecule has 0 saturated carbocycles. The van der Waals surface area contributed by atoms with Gasteiger partial charge in [0.1, 0.15) is 24.7 Å². The van der Waals surface area contributed by atoms with Gasteiger partial charge in [0.15, 0.2) is 0 Å². The van der Waals surface area contributed by atoms with Crippen molar-refractivity contribution in [2.75, 3.05) is 40.6 Å². The Labute approximate surface area is 239 Å². The number of ether oxygens (including phenoxy) is 4. The highest BCUT2D eigenvalue weighted by Crippen LogP contribution is 2.45. The van der Waals surface area contributed by atoms with Crippen molar-refractivity contribution in [2.45, 2.75) is 0 Å². The summed E-state index contributed by atoms with van der Waals surface area (Å²) < 4.78 is 24.2. The van der Waals surface area contributed by atoms with E-state index in [4.69, 9.17) is 18.9 Å². The van der Waals surface area contributed by atoms with Crippen molar-refractivity contribution in [2.24, 2.45) is 0 Å². The smallest absolute Gasteiger partial charge is 0.121 e. The third-order valence-electron chi connectivity index (χ3n) is 6.36. The second-order valence-electron chi connectivity index (χ2n) is 8.87. The van der Waals surface area contributed by atoms with Gasteiger partial charge in [-0.05, 0) is 80.2 Å². The SMILES string of the molecule is COCCOc1cc(Br)cc(-c2c3ccccc3c(-c3cc(Br)cc(OCCOC)c3)c3ccccc23)c1. The molecule has 0 aromatic heterocycles. The Morgan fingerprint density at radius 3 is 1.21 bits per heavy atom. The highest BCUT2D eigenvalue weighted by atomic mass is 79.9. The summed E-state index contributed by atoms with van der Waals surface area (Å²) in [4.78, 5) is 0. The third-order valence-corrected chi connectivity index (χ3v) is 7.28. The molecule has 0 radical (unpaired) electrons. The number of fused-ring (bicyclic) bond motifs is 2. The number of rotatable bonds is 10. The summed E-state index contributed by atoms with van der Waals surface area (Å²) >= 11 is 7.40. The Kier molecular flexibility index (Phi) is 8.65. The standard InChI is InChI=1S/C32H28Br2O4/c1-35-11-13-37-25-17-21(15-23(33)19-25)31-27-7-3-5-9-29(27)32(30-10-6-4-8-28(30)31)22-16-24(34)20-26(18-22)38-14-12-36-2/h3-10,15-20H,11-14H2,1-2H3. The molecule has 194 valence electrons. The van der Waals surface area contributed by atoms with Crippen molar-refractivity contribution in [3.8, 4) is 33.8 Å². The van der Waals surface area contributed by atoms with E-state index in [0.717, 1.165) is 31.6 Å². The lowest BCUT2D eigenvalue weighted by Crippen LogP contribution is -2.04. The van der Waals surface area contributed by atoms with Crippen molar-refractivity contribution in [3.63, 3.8) is 0 Å². The third kappa shape index (κ3) is 5.74. The van der Waals surface area contributed by atoms with Crippen LogP contribution in [0.15, 0.2) is 93.9 Å². The van der Waals surface area contributed by atoms with Crippen LogP contribution in [0.5, 0.6) is 11.5 Å². The molecule has 6 heteroatoms. The second kappa shape index (κ2) is 12.3. The molecule has 5 aromatic rings. The van der Waals surface area contributed by atoms with Crippen molar-refractivity contribution in [1.82, 2.24) is 0 Å². The summed E-state index contributed by atoms with van der Waals surface area (Å²) in [6, 6.07) is 29.7. The molecule has 0 unspecified atom stereocenters. The second-order valence-corrected chi connectivity index (χ2v) is 10.7. The van der Waals surface area contributed by atoms with E-state index < -0.39 is 0 Å². The lowest BCUT2D eigenvalue weighted by Gasteiger charge is -2.19. The number of hydrogen-bond donors (Lipinski definition) is 0. The van der Waals surface area contributed by atoms with Gasteiger partial charge in [-0.1, -0.05) is 80.4 Å². The van der Waals surface area contributed by atoms with Crippen LogP contribution in [0.1, 0.15) is 0 Å². The first-order chi connectivity index (χ1) is 18.6. The molecule has 0 aliphatic carbocycles. The van der Waals surface area contributed by atoms with Gasteiger partial charge < -0.3 is 18.9 Å². The Hall–Kier alpha value is -2.90. The maximum absolute atomic E-state index is 5.99. The van der Waals surface area contributed by atoms with Gasteiger partial charge in [-0.25, -0.2) is 0 Å². The molecule has 0 aliphatic rings. The normalized spacial score (nSPS) is 11.3. The fourth-order valence-electron chi connectivity index (χ4n) is 4.82. The summed E-state index contributed by atoms with van der Waals surface area (Å²) in [5.74, 6) is 1.60. The molecule has 0 spiro atoms. The zero-order valence-electron chi connectivity index (χ0n) is 21.3. The summed E-state index contributed by atoms with van der Waals surface area (Å²) in [6.07, 6.45) is 0. The van der Waals surface area contributed by atoms with E-state index in [9.17, 15) is 0 Å². The van der Waals surface area contributed by atoms with Crippen LogP contribution in [0.25, 0.3) is 43.8 Å². The van der Waals surface area contributed by atoms with Crippen LogP contribution in [-0.4, -0.2) is 40.6 Å². The highest BCUT2D eigenvalue weighted by Gasteiger charge is 2.18. The van der Waals surface area contributed by atoms with Gasteiger partial charge in [-0.15, -0.1) is 0 Å². The van der Waals surface area contributed by atoms with E-state index in [1.807, 2.05) is 12.1 Å². The van der Waals surface area contributed by atoms with Crippen LogP contribution in [0.4, 0.5) is 0 Å². The zero-order chi connectivity index (χ0) is 26.5. The molecule has 5 aromatic carbocycles. The molecule has 0 N–H and O–H groups in total. The largest absolute Gasteiger partial charge is 0.491 e. The van der Waals surface area contributed by atoms with Crippen LogP contribution in [0.2, 0.25) is 0 Å². The average Bonchev–Trinajstić information content (AvgIpc) is 2.91. The summed E-state index contributed by atoms with van der Waals surface area (Å²) in [7, 11) is 3.35. The molecule has 0 heterocycles. The predicted octanol–water partition coefficient (Wildman–Crippen LogP) is 8.90. The summed E-state index contributed by atoms with van der Waals surface area (Å²) in [6.45, 7) is 2.05. The highest BCUT2D eigenvalue weighted by molar-refractivity contribution is 9.10. The fraction of sp³-hybridized carbons (Fsp3) is 0.188. The Bertz CT molecular complexity index is 1410. The van der Waals surface area contributed by atoms with Crippen molar-refractivity contribution in [3.05, 3.63) is 93.9 Å². The van der Waals surface area contributed by atoms with Gasteiger partial charge in [0.2, 0.25) is 0 Å². The zero-order valence-corrected chi connectivity index (χ0v) is 24.5. The topological polar surface area (TPSA) is 36.9 Å². The van der Waals surface area contributed by atoms with E-state index >= 15 is 0 Å². The minimum atomic E-state index is 0.491. The Morgan fingerprint density at radius 1 is 0.500 bits per heavy atom. The molecule has 4 nitrogen and oxygen atoms in total. The molecule has 0 amide bonds. The van der Waals surface area contributed by atoms with E-state index in [0.29, 0.717) is 26.4 Å². The number of hydrogen-bond acceptors (Lipinski definition) is 4. The Morgan fingerprint density at radius 2 is 0.868 bits per heavy atom. The maximum Gasteiger partial charge on any atom is 0.121 e. The molecule has 38 heavy (non-hydrogen) atoms. The molecule has 0 atom stereocenters. The number of halogens is 2. The van der Waals surface area contributed by atoms with E-state index in [1.54, 1.807) is 14.2 Å². The predicted molar refractivity (Wildman–Crippen MR) is 162 cm³/mol. The van der Waals surface area contributed by atoms with Gasteiger partial charge in [0.25, 0.3) is 0 Å². The average molecular weight is 636 g/mol. The minimum absolute atomic E-state index is 0.491. The van der Waals surface area contributed by atoms with Gasteiger partial charge in [-0.2, -0.15) is 0 Å². The molecule has 0 saturated heterocycles. The first-order valence-corrected chi connectivity index (χ1v) is 14.0. The van der Waals surface area contributed by atoms with E-state index in [2.05, 4.69) is 105 Å². The molecular formula is C32H28Br2O4. The van der Waals surface area contributed by atoms with Crippen LogP contribution >= 0.6 is 31.9 Å².